The van der Waals surface area contributed by atoms with Gasteiger partial charge in [0.15, 0.2) is 5.78 Å². The van der Waals surface area contributed by atoms with Crippen molar-refractivity contribution in [3.05, 3.63) is 34.6 Å². The molecule has 1 rings (SSSR count). The van der Waals surface area contributed by atoms with E-state index in [1.807, 2.05) is 6.92 Å². The fourth-order valence-corrected chi connectivity index (χ4v) is 1.70. The second kappa shape index (κ2) is 5.97. The molecule has 2 nitrogen and oxygen atoms in total. The molecule has 0 radical (unpaired) electrons. The molecular weight excluding hydrogens is 229 g/mol. The van der Waals surface area contributed by atoms with Gasteiger partial charge in [0.2, 0.25) is 0 Å². The second-order valence-electron chi connectivity index (χ2n) is 3.80. The van der Waals surface area contributed by atoms with Crippen molar-refractivity contribution in [2.75, 3.05) is 0 Å². The van der Waals surface area contributed by atoms with Crippen LogP contribution < -0.4 is 5.73 Å². The summed E-state index contributed by atoms with van der Waals surface area (Å²) in [6.45, 7) is 1.99. The molecule has 0 saturated heterocycles. The predicted molar refractivity (Wildman–Crippen MR) is 63.2 cm³/mol. The van der Waals surface area contributed by atoms with Gasteiger partial charge in [0.25, 0.3) is 0 Å². The van der Waals surface area contributed by atoms with Crippen molar-refractivity contribution >= 4 is 17.4 Å². The number of halogens is 2. The molecule has 0 heterocycles. The van der Waals surface area contributed by atoms with Crippen LogP contribution in [0, 0.1) is 5.82 Å². The molecule has 88 valence electrons. The molecule has 1 unspecified atom stereocenters. The van der Waals surface area contributed by atoms with Gasteiger partial charge in [-0.05, 0) is 24.6 Å². The molecule has 1 atom stereocenters. The highest BCUT2D eigenvalue weighted by molar-refractivity contribution is 6.30. The van der Waals surface area contributed by atoms with Crippen molar-refractivity contribution < 1.29 is 9.18 Å². The molecule has 1 aromatic carbocycles. The van der Waals surface area contributed by atoms with Crippen LogP contribution in [-0.2, 0) is 0 Å². The molecule has 4 heteroatoms. The van der Waals surface area contributed by atoms with Gasteiger partial charge in [-0.1, -0.05) is 24.9 Å². The summed E-state index contributed by atoms with van der Waals surface area (Å²) in [5.74, 6) is -0.851. The van der Waals surface area contributed by atoms with Gasteiger partial charge in [-0.2, -0.15) is 0 Å². The Morgan fingerprint density at radius 2 is 2.25 bits per heavy atom. The zero-order valence-electron chi connectivity index (χ0n) is 9.17. The summed E-state index contributed by atoms with van der Waals surface area (Å²) >= 11 is 5.60. The maximum atomic E-state index is 13.4. The lowest BCUT2D eigenvalue weighted by atomic mass is 10.0. The third-order valence-corrected chi connectivity index (χ3v) is 2.57. The van der Waals surface area contributed by atoms with Crippen LogP contribution in [0.5, 0.6) is 0 Å². The van der Waals surface area contributed by atoms with Crippen LogP contribution in [-0.4, -0.2) is 11.8 Å². The first-order valence-electron chi connectivity index (χ1n) is 5.28. The lowest BCUT2D eigenvalue weighted by molar-refractivity contribution is 0.0969. The lowest BCUT2D eigenvalue weighted by Gasteiger charge is -2.09. The minimum absolute atomic E-state index is 0.0657. The maximum absolute atomic E-state index is 13.4. The monoisotopic (exact) mass is 243 g/mol. The Balaban J connectivity index is 2.73. The molecule has 0 aromatic heterocycles. The Morgan fingerprint density at radius 3 is 2.81 bits per heavy atom. The van der Waals surface area contributed by atoms with Crippen LogP contribution in [0.1, 0.15) is 36.5 Å². The van der Waals surface area contributed by atoms with Crippen molar-refractivity contribution in [3.63, 3.8) is 0 Å². The number of hydrogen-bond donors (Lipinski definition) is 1. The van der Waals surface area contributed by atoms with Crippen molar-refractivity contribution in [1.82, 2.24) is 0 Å². The number of carbonyl (C=O) groups is 1. The molecule has 2 N–H and O–H groups in total. The highest BCUT2D eigenvalue weighted by atomic mass is 35.5. The number of Topliss-reactive ketones (excluding diaryl/α,β-unsaturated/α-hetero) is 1. The maximum Gasteiger partial charge on any atom is 0.167 e. The molecule has 0 saturated carbocycles. The fraction of sp³-hybridized carbons (Fsp3) is 0.417. The van der Waals surface area contributed by atoms with Gasteiger partial charge < -0.3 is 5.73 Å². The van der Waals surface area contributed by atoms with E-state index >= 15 is 0 Å². The van der Waals surface area contributed by atoms with Gasteiger partial charge in [-0.15, -0.1) is 0 Å². The van der Waals surface area contributed by atoms with E-state index in [2.05, 4.69) is 0 Å². The van der Waals surface area contributed by atoms with Gasteiger partial charge in [-0.25, -0.2) is 4.39 Å². The van der Waals surface area contributed by atoms with Gasteiger partial charge in [0.1, 0.15) is 5.82 Å². The normalized spacial score (nSPS) is 12.5. The first-order chi connectivity index (χ1) is 7.54. The number of ketones is 1. The Labute approximate surface area is 99.6 Å². The molecule has 0 bridgehead atoms. The minimum atomic E-state index is -0.582. The summed E-state index contributed by atoms with van der Waals surface area (Å²) < 4.78 is 13.4. The van der Waals surface area contributed by atoms with Crippen LogP contribution in [0.25, 0.3) is 0 Å². The lowest BCUT2D eigenvalue weighted by Crippen LogP contribution is -2.23. The Morgan fingerprint density at radius 1 is 1.56 bits per heavy atom. The van der Waals surface area contributed by atoms with E-state index in [0.717, 1.165) is 18.9 Å². The molecule has 0 amide bonds. The third kappa shape index (κ3) is 3.58. The van der Waals surface area contributed by atoms with E-state index in [-0.39, 0.29) is 28.8 Å². The van der Waals surface area contributed by atoms with E-state index in [9.17, 15) is 9.18 Å². The van der Waals surface area contributed by atoms with Crippen LogP contribution in [0.4, 0.5) is 4.39 Å². The first kappa shape index (κ1) is 13.1. The molecule has 0 aliphatic carbocycles. The van der Waals surface area contributed by atoms with Crippen molar-refractivity contribution in [1.29, 1.82) is 0 Å². The van der Waals surface area contributed by atoms with Crippen LogP contribution in [0.3, 0.4) is 0 Å². The van der Waals surface area contributed by atoms with Crippen LogP contribution in [0.15, 0.2) is 18.2 Å². The number of nitrogens with two attached hydrogens (primary N) is 1. The molecule has 0 spiro atoms. The number of carbonyl (C=O) groups excluding carboxylic acids is 1. The number of benzene rings is 1. The van der Waals surface area contributed by atoms with Crippen molar-refractivity contribution in [2.24, 2.45) is 5.73 Å². The highest BCUT2D eigenvalue weighted by Crippen LogP contribution is 2.17. The summed E-state index contributed by atoms with van der Waals surface area (Å²) in [5.41, 5.74) is 5.80. The van der Waals surface area contributed by atoms with E-state index in [1.165, 1.54) is 12.1 Å². The van der Waals surface area contributed by atoms with Crippen molar-refractivity contribution in [3.8, 4) is 0 Å². The second-order valence-corrected chi connectivity index (χ2v) is 4.24. The molecular formula is C12H15ClFNO. The summed E-state index contributed by atoms with van der Waals surface area (Å²) in [4.78, 5) is 11.7. The smallest absolute Gasteiger partial charge is 0.167 e. The summed E-state index contributed by atoms with van der Waals surface area (Å²) in [5, 5.41) is 0.284. The van der Waals surface area contributed by atoms with Gasteiger partial charge in [0, 0.05) is 17.5 Å². The molecule has 16 heavy (non-hydrogen) atoms. The quantitative estimate of drug-likeness (QED) is 0.808. The minimum Gasteiger partial charge on any atom is -0.327 e. The average molecular weight is 244 g/mol. The fourth-order valence-electron chi connectivity index (χ4n) is 1.54. The van der Waals surface area contributed by atoms with Crippen LogP contribution >= 0.6 is 11.6 Å². The standard InChI is InChI=1S/C12H15ClFNO/c1-2-3-9(15)7-12(16)10-5-4-8(13)6-11(10)14/h4-6,9H,2-3,7,15H2,1H3. The van der Waals surface area contributed by atoms with Gasteiger partial charge >= 0.3 is 0 Å². The SMILES string of the molecule is CCCC(N)CC(=O)c1ccc(Cl)cc1F. The molecule has 0 aliphatic heterocycles. The van der Waals surface area contributed by atoms with Gasteiger partial charge in [-0.3, -0.25) is 4.79 Å². The Bertz CT molecular complexity index is 381. The summed E-state index contributed by atoms with van der Waals surface area (Å²) in [6, 6.07) is 3.84. The van der Waals surface area contributed by atoms with E-state index in [4.69, 9.17) is 17.3 Å². The van der Waals surface area contributed by atoms with E-state index in [1.54, 1.807) is 0 Å². The zero-order valence-corrected chi connectivity index (χ0v) is 9.93. The zero-order chi connectivity index (χ0) is 12.1. The number of rotatable bonds is 5. The third-order valence-electron chi connectivity index (χ3n) is 2.34. The highest BCUT2D eigenvalue weighted by Gasteiger charge is 2.15. The topological polar surface area (TPSA) is 43.1 Å². The molecule has 0 fully saturated rings. The predicted octanol–water partition coefficient (Wildman–Crippen LogP) is 3.18. The largest absolute Gasteiger partial charge is 0.327 e. The molecule has 1 aromatic rings. The first-order valence-corrected chi connectivity index (χ1v) is 5.66. The Hall–Kier alpha value is -0.930. The Kier molecular flexibility index (Phi) is 4.90. The van der Waals surface area contributed by atoms with Gasteiger partial charge in [0.05, 0.1) is 5.56 Å². The summed E-state index contributed by atoms with van der Waals surface area (Å²) in [7, 11) is 0. The average Bonchev–Trinajstić information content (AvgIpc) is 2.17. The van der Waals surface area contributed by atoms with Crippen molar-refractivity contribution in [2.45, 2.75) is 32.2 Å². The van der Waals surface area contributed by atoms with E-state index < -0.39 is 5.82 Å². The summed E-state index contributed by atoms with van der Waals surface area (Å²) in [6.07, 6.45) is 1.85. The van der Waals surface area contributed by atoms with Crippen LogP contribution in [0.2, 0.25) is 5.02 Å². The molecule has 0 aliphatic rings. The number of hydrogen-bond acceptors (Lipinski definition) is 2. The van der Waals surface area contributed by atoms with E-state index in [0.29, 0.717) is 0 Å².